The van der Waals surface area contributed by atoms with Crippen molar-refractivity contribution in [2.24, 2.45) is 0 Å². The van der Waals surface area contributed by atoms with E-state index in [0.717, 1.165) is 81.2 Å². The summed E-state index contributed by atoms with van der Waals surface area (Å²) in [7, 11) is 0. The third-order valence-corrected chi connectivity index (χ3v) is 6.73. The van der Waals surface area contributed by atoms with Crippen molar-refractivity contribution in [1.82, 2.24) is 19.4 Å². The molecule has 2 aromatic rings. The maximum atomic E-state index is 13.1. The van der Waals surface area contributed by atoms with Crippen LogP contribution in [-0.2, 0) is 13.0 Å². The molecule has 0 bridgehead atoms. The van der Waals surface area contributed by atoms with Gasteiger partial charge in [-0.1, -0.05) is 6.92 Å². The summed E-state index contributed by atoms with van der Waals surface area (Å²) in [6.07, 6.45) is 4.10. The highest BCUT2D eigenvalue weighted by Gasteiger charge is 2.27. The summed E-state index contributed by atoms with van der Waals surface area (Å²) in [5.41, 5.74) is 0.842. The molecule has 4 heterocycles. The SMILES string of the molecule is CCCN1CCN(C(=O)c2sc3nc4n(c(=O)c3c2C)CCCC4)CC1. The van der Waals surface area contributed by atoms with E-state index in [2.05, 4.69) is 11.8 Å². The molecular formula is C19H26N4O2S. The van der Waals surface area contributed by atoms with E-state index in [1.807, 2.05) is 16.4 Å². The van der Waals surface area contributed by atoms with Crippen LogP contribution in [-0.4, -0.2) is 58.0 Å². The molecule has 140 valence electrons. The van der Waals surface area contributed by atoms with Crippen LogP contribution in [0, 0.1) is 6.92 Å². The van der Waals surface area contributed by atoms with E-state index in [0.29, 0.717) is 10.3 Å². The second-order valence-corrected chi connectivity index (χ2v) is 8.31. The van der Waals surface area contributed by atoms with Gasteiger partial charge in [0.05, 0.1) is 10.3 Å². The highest BCUT2D eigenvalue weighted by atomic mass is 32.1. The van der Waals surface area contributed by atoms with Gasteiger partial charge in [-0.05, 0) is 38.3 Å². The summed E-state index contributed by atoms with van der Waals surface area (Å²) in [5.74, 6) is 0.936. The number of aryl methyl sites for hydroxylation is 2. The van der Waals surface area contributed by atoms with Crippen LogP contribution in [0.3, 0.4) is 0 Å². The lowest BCUT2D eigenvalue weighted by Gasteiger charge is -2.34. The van der Waals surface area contributed by atoms with E-state index in [-0.39, 0.29) is 11.5 Å². The molecule has 4 rings (SSSR count). The first-order chi connectivity index (χ1) is 12.6. The Bertz CT molecular complexity index is 893. The largest absolute Gasteiger partial charge is 0.335 e. The van der Waals surface area contributed by atoms with Crippen LogP contribution in [0.15, 0.2) is 4.79 Å². The van der Waals surface area contributed by atoms with Gasteiger partial charge in [-0.3, -0.25) is 19.1 Å². The lowest BCUT2D eigenvalue weighted by atomic mass is 10.1. The van der Waals surface area contributed by atoms with Gasteiger partial charge in [0.25, 0.3) is 11.5 Å². The number of carbonyl (C=O) groups is 1. The first-order valence-electron chi connectivity index (χ1n) is 9.64. The number of piperazine rings is 1. The third kappa shape index (κ3) is 2.97. The van der Waals surface area contributed by atoms with Gasteiger partial charge in [-0.15, -0.1) is 11.3 Å². The van der Waals surface area contributed by atoms with E-state index in [9.17, 15) is 9.59 Å². The molecule has 1 fully saturated rings. The van der Waals surface area contributed by atoms with E-state index in [1.54, 1.807) is 0 Å². The summed E-state index contributed by atoms with van der Waals surface area (Å²) < 4.78 is 1.81. The molecule has 1 saturated heterocycles. The van der Waals surface area contributed by atoms with Crippen molar-refractivity contribution in [3.05, 3.63) is 26.6 Å². The standard InChI is InChI=1S/C19H26N4O2S/c1-3-7-21-9-11-22(12-10-21)19(25)16-13(2)15-17(26-16)20-14-6-4-5-8-23(14)18(15)24/h3-12H2,1-2H3. The van der Waals surface area contributed by atoms with Gasteiger partial charge in [-0.2, -0.15) is 0 Å². The molecule has 0 aliphatic carbocycles. The molecule has 0 N–H and O–H groups in total. The number of rotatable bonds is 3. The number of hydrogen-bond acceptors (Lipinski definition) is 5. The predicted octanol–water partition coefficient (Wildman–Crippen LogP) is 2.27. The minimum absolute atomic E-state index is 0.0327. The van der Waals surface area contributed by atoms with Gasteiger partial charge in [0, 0.05) is 39.1 Å². The molecule has 0 spiro atoms. The first-order valence-corrected chi connectivity index (χ1v) is 10.5. The van der Waals surface area contributed by atoms with Crippen LogP contribution in [0.25, 0.3) is 10.2 Å². The van der Waals surface area contributed by atoms with Crippen LogP contribution < -0.4 is 5.56 Å². The Morgan fingerprint density at radius 3 is 2.65 bits per heavy atom. The number of thiophene rings is 1. The highest BCUT2D eigenvalue weighted by Crippen LogP contribution is 2.29. The molecule has 0 radical (unpaired) electrons. The highest BCUT2D eigenvalue weighted by molar-refractivity contribution is 7.20. The maximum absolute atomic E-state index is 13.1. The van der Waals surface area contributed by atoms with Gasteiger partial charge in [-0.25, -0.2) is 4.98 Å². The number of carbonyl (C=O) groups excluding carboxylic acids is 1. The fraction of sp³-hybridized carbons (Fsp3) is 0.632. The Morgan fingerprint density at radius 1 is 1.15 bits per heavy atom. The minimum Gasteiger partial charge on any atom is -0.335 e. The monoisotopic (exact) mass is 374 g/mol. The molecule has 0 atom stereocenters. The first kappa shape index (κ1) is 17.7. The average Bonchev–Trinajstić information content (AvgIpc) is 2.99. The molecule has 1 amide bonds. The van der Waals surface area contributed by atoms with Crippen LogP contribution in [0.5, 0.6) is 0 Å². The van der Waals surface area contributed by atoms with E-state index < -0.39 is 0 Å². The Balaban J connectivity index is 1.65. The zero-order valence-corrected chi connectivity index (χ0v) is 16.4. The van der Waals surface area contributed by atoms with Gasteiger partial charge in [0.1, 0.15) is 10.7 Å². The molecule has 2 aliphatic rings. The van der Waals surface area contributed by atoms with Crippen molar-refractivity contribution in [1.29, 1.82) is 0 Å². The van der Waals surface area contributed by atoms with Crippen molar-refractivity contribution in [3.8, 4) is 0 Å². The average molecular weight is 375 g/mol. The Labute approximate surface area is 157 Å². The van der Waals surface area contributed by atoms with Crippen LogP contribution in [0.2, 0.25) is 0 Å². The predicted molar refractivity (Wildman–Crippen MR) is 104 cm³/mol. The molecular weight excluding hydrogens is 348 g/mol. The lowest BCUT2D eigenvalue weighted by molar-refractivity contribution is 0.0642. The Kier molecular flexibility index (Phi) is 4.84. The fourth-order valence-corrected chi connectivity index (χ4v) is 5.23. The molecule has 2 aliphatic heterocycles. The normalized spacial score (nSPS) is 18.3. The van der Waals surface area contributed by atoms with Crippen molar-refractivity contribution >= 4 is 27.5 Å². The quantitative estimate of drug-likeness (QED) is 0.827. The summed E-state index contributed by atoms with van der Waals surface area (Å²) in [6.45, 7) is 9.30. The Morgan fingerprint density at radius 2 is 1.92 bits per heavy atom. The molecule has 26 heavy (non-hydrogen) atoms. The zero-order valence-electron chi connectivity index (χ0n) is 15.6. The summed E-state index contributed by atoms with van der Waals surface area (Å²) in [4.78, 5) is 36.5. The lowest BCUT2D eigenvalue weighted by Crippen LogP contribution is -2.48. The van der Waals surface area contributed by atoms with Gasteiger partial charge in [0.15, 0.2) is 0 Å². The summed E-state index contributed by atoms with van der Waals surface area (Å²) in [6, 6.07) is 0. The summed E-state index contributed by atoms with van der Waals surface area (Å²) >= 11 is 1.39. The van der Waals surface area contributed by atoms with Crippen molar-refractivity contribution < 1.29 is 4.79 Å². The van der Waals surface area contributed by atoms with Crippen LogP contribution in [0.1, 0.15) is 47.2 Å². The zero-order chi connectivity index (χ0) is 18.3. The van der Waals surface area contributed by atoms with Gasteiger partial charge in [0.2, 0.25) is 0 Å². The fourth-order valence-electron chi connectivity index (χ4n) is 4.07. The Hall–Kier alpha value is -1.73. The number of aromatic nitrogens is 2. The molecule has 6 nitrogen and oxygen atoms in total. The van der Waals surface area contributed by atoms with Gasteiger partial charge >= 0.3 is 0 Å². The molecule has 0 saturated carbocycles. The van der Waals surface area contributed by atoms with Crippen LogP contribution >= 0.6 is 11.3 Å². The van der Waals surface area contributed by atoms with Crippen molar-refractivity contribution in [2.75, 3.05) is 32.7 Å². The van der Waals surface area contributed by atoms with E-state index in [1.165, 1.54) is 11.3 Å². The second kappa shape index (κ2) is 7.12. The smallest absolute Gasteiger partial charge is 0.264 e. The van der Waals surface area contributed by atoms with Gasteiger partial charge < -0.3 is 4.90 Å². The second-order valence-electron chi connectivity index (χ2n) is 7.31. The summed E-state index contributed by atoms with van der Waals surface area (Å²) in [5, 5.41) is 0.647. The van der Waals surface area contributed by atoms with E-state index >= 15 is 0 Å². The number of fused-ring (bicyclic) bond motifs is 2. The molecule has 2 aromatic heterocycles. The topological polar surface area (TPSA) is 58.4 Å². The number of hydrogen-bond donors (Lipinski definition) is 0. The molecule has 0 unspecified atom stereocenters. The maximum Gasteiger partial charge on any atom is 0.264 e. The minimum atomic E-state index is 0.0327. The molecule has 7 heteroatoms. The van der Waals surface area contributed by atoms with E-state index in [4.69, 9.17) is 4.98 Å². The molecule has 0 aromatic carbocycles. The van der Waals surface area contributed by atoms with Crippen LogP contribution in [0.4, 0.5) is 0 Å². The number of nitrogens with zero attached hydrogens (tertiary/aromatic N) is 4. The number of amides is 1. The third-order valence-electron chi connectivity index (χ3n) is 5.56. The van der Waals surface area contributed by atoms with Crippen molar-refractivity contribution in [2.45, 2.75) is 46.1 Å². The van der Waals surface area contributed by atoms with Crippen molar-refractivity contribution in [3.63, 3.8) is 0 Å².